The molecule has 0 saturated carbocycles. The summed E-state index contributed by atoms with van der Waals surface area (Å²) in [6.07, 6.45) is -1.87. The lowest BCUT2D eigenvalue weighted by molar-refractivity contribution is -0.145. The van der Waals surface area contributed by atoms with Crippen molar-refractivity contribution >= 4 is 40.6 Å². The van der Waals surface area contributed by atoms with Crippen LogP contribution in [0.4, 0.5) is 4.79 Å². The molecule has 2 aromatic rings. The van der Waals surface area contributed by atoms with Crippen LogP contribution in [0.5, 0.6) is 0 Å². The van der Waals surface area contributed by atoms with E-state index in [1.165, 1.54) is 7.11 Å². The number of carbonyl (C=O) groups excluding carboxylic acids is 3. The van der Waals surface area contributed by atoms with Gasteiger partial charge in [0.05, 0.1) is 19.6 Å². The first-order valence-electron chi connectivity index (χ1n) is 9.61. The molecular weight excluding hydrogens is 515 g/mol. The van der Waals surface area contributed by atoms with Gasteiger partial charge in [0, 0.05) is 16.5 Å². The van der Waals surface area contributed by atoms with Crippen LogP contribution >= 0.6 is 22.6 Å². The van der Waals surface area contributed by atoms with Crippen LogP contribution in [0.1, 0.15) is 17.5 Å². The molecule has 0 aliphatic heterocycles. The van der Waals surface area contributed by atoms with Crippen molar-refractivity contribution in [3.63, 3.8) is 0 Å². The fourth-order valence-electron chi connectivity index (χ4n) is 2.71. The summed E-state index contributed by atoms with van der Waals surface area (Å²) in [5.41, 5.74) is 1.69. The van der Waals surface area contributed by atoms with E-state index in [0.29, 0.717) is 0 Å². The molecule has 3 N–H and O–H groups in total. The van der Waals surface area contributed by atoms with Crippen molar-refractivity contribution < 1.29 is 29.0 Å². The van der Waals surface area contributed by atoms with Gasteiger partial charge in [0.1, 0.15) is 12.6 Å². The highest BCUT2D eigenvalue weighted by Crippen LogP contribution is 2.10. The van der Waals surface area contributed by atoms with Crippen molar-refractivity contribution in [1.82, 2.24) is 10.6 Å². The minimum Gasteiger partial charge on any atom is -0.467 e. The SMILES string of the molecule is COC(=O)[C@H](Cc1ccc(I)cc1)NC(=O)C[C@H](O)CNC(=O)OCc1ccccc1. The van der Waals surface area contributed by atoms with Crippen molar-refractivity contribution in [3.8, 4) is 0 Å². The zero-order chi connectivity index (χ0) is 22.6. The number of halogens is 1. The zero-order valence-electron chi connectivity index (χ0n) is 17.0. The molecule has 31 heavy (non-hydrogen) atoms. The van der Waals surface area contributed by atoms with E-state index in [-0.39, 0.29) is 26.0 Å². The van der Waals surface area contributed by atoms with Crippen molar-refractivity contribution in [2.45, 2.75) is 31.6 Å². The standard InChI is InChI=1S/C22H25IN2O6/c1-30-21(28)19(11-15-7-9-17(23)10-8-15)25-20(27)12-18(26)13-24-22(29)31-14-16-5-3-2-4-6-16/h2-10,18-19,26H,11-14H2,1H3,(H,24,29)(H,25,27)/t18-,19-/m0/s1. The molecule has 0 heterocycles. The molecule has 0 radical (unpaired) electrons. The second kappa shape index (κ2) is 12.9. The maximum absolute atomic E-state index is 12.3. The third-order valence-corrected chi connectivity index (χ3v) is 5.01. The molecule has 0 fully saturated rings. The summed E-state index contributed by atoms with van der Waals surface area (Å²) < 4.78 is 10.9. The van der Waals surface area contributed by atoms with E-state index in [9.17, 15) is 19.5 Å². The Hall–Kier alpha value is -2.66. The van der Waals surface area contributed by atoms with E-state index in [0.717, 1.165) is 14.7 Å². The zero-order valence-corrected chi connectivity index (χ0v) is 19.2. The quantitative estimate of drug-likeness (QED) is 0.315. The van der Waals surface area contributed by atoms with Crippen LogP contribution in [-0.4, -0.2) is 48.9 Å². The summed E-state index contributed by atoms with van der Waals surface area (Å²) in [5, 5.41) is 15.0. The normalized spacial score (nSPS) is 12.4. The molecular formula is C22H25IN2O6. The minimum absolute atomic E-state index is 0.0998. The Morgan fingerprint density at radius 2 is 1.71 bits per heavy atom. The molecule has 2 amide bonds. The number of benzene rings is 2. The van der Waals surface area contributed by atoms with Gasteiger partial charge in [0.25, 0.3) is 0 Å². The Bertz CT molecular complexity index is 860. The maximum atomic E-state index is 12.3. The Morgan fingerprint density at radius 1 is 1.03 bits per heavy atom. The number of esters is 1. The number of carbonyl (C=O) groups is 3. The number of hydrogen-bond acceptors (Lipinski definition) is 6. The van der Waals surface area contributed by atoms with Crippen molar-refractivity contribution in [2.24, 2.45) is 0 Å². The number of alkyl carbamates (subject to hydrolysis) is 1. The monoisotopic (exact) mass is 540 g/mol. The largest absolute Gasteiger partial charge is 0.467 e. The average molecular weight is 540 g/mol. The fraction of sp³-hybridized carbons (Fsp3) is 0.318. The molecule has 9 heteroatoms. The van der Waals surface area contributed by atoms with Gasteiger partial charge in [-0.3, -0.25) is 4.79 Å². The second-order valence-electron chi connectivity index (χ2n) is 6.77. The molecule has 2 aromatic carbocycles. The van der Waals surface area contributed by atoms with E-state index < -0.39 is 30.1 Å². The van der Waals surface area contributed by atoms with Gasteiger partial charge in [0.15, 0.2) is 0 Å². The van der Waals surface area contributed by atoms with E-state index in [2.05, 4.69) is 33.2 Å². The number of aliphatic hydroxyl groups is 1. The summed E-state index contributed by atoms with van der Waals surface area (Å²) in [7, 11) is 1.25. The van der Waals surface area contributed by atoms with Crippen molar-refractivity contribution in [3.05, 3.63) is 69.3 Å². The molecule has 166 valence electrons. The molecule has 0 bridgehead atoms. The summed E-state index contributed by atoms with van der Waals surface area (Å²) in [4.78, 5) is 36.0. The van der Waals surface area contributed by atoms with Gasteiger partial charge in [-0.15, -0.1) is 0 Å². The highest BCUT2D eigenvalue weighted by atomic mass is 127. The number of amides is 2. The minimum atomic E-state index is -1.14. The van der Waals surface area contributed by atoms with E-state index in [1.807, 2.05) is 54.6 Å². The summed E-state index contributed by atoms with van der Waals surface area (Å²) >= 11 is 2.18. The topological polar surface area (TPSA) is 114 Å². The fourth-order valence-corrected chi connectivity index (χ4v) is 3.07. The molecule has 0 unspecified atom stereocenters. The first kappa shape index (κ1) is 24.6. The van der Waals surface area contributed by atoms with Gasteiger partial charge in [-0.1, -0.05) is 42.5 Å². The van der Waals surface area contributed by atoms with Crippen molar-refractivity contribution in [2.75, 3.05) is 13.7 Å². The van der Waals surface area contributed by atoms with Gasteiger partial charge in [0.2, 0.25) is 5.91 Å². The molecule has 0 aliphatic rings. The lowest BCUT2D eigenvalue weighted by Crippen LogP contribution is -2.45. The first-order chi connectivity index (χ1) is 14.9. The van der Waals surface area contributed by atoms with Gasteiger partial charge >= 0.3 is 12.1 Å². The number of ether oxygens (including phenoxy) is 2. The van der Waals surface area contributed by atoms with Crippen LogP contribution in [0.15, 0.2) is 54.6 Å². The van der Waals surface area contributed by atoms with Gasteiger partial charge in [-0.2, -0.15) is 0 Å². The molecule has 2 atom stereocenters. The second-order valence-corrected chi connectivity index (χ2v) is 8.02. The number of methoxy groups -OCH3 is 1. The molecule has 8 nitrogen and oxygen atoms in total. The van der Waals surface area contributed by atoms with Crippen molar-refractivity contribution in [1.29, 1.82) is 0 Å². The Balaban J connectivity index is 1.76. The van der Waals surface area contributed by atoms with E-state index in [4.69, 9.17) is 9.47 Å². The highest BCUT2D eigenvalue weighted by Gasteiger charge is 2.23. The Kier molecular flexibility index (Phi) is 10.2. The van der Waals surface area contributed by atoms with Crippen LogP contribution in [0.3, 0.4) is 0 Å². The predicted molar refractivity (Wildman–Crippen MR) is 122 cm³/mol. The van der Waals surface area contributed by atoms with Gasteiger partial charge in [-0.25, -0.2) is 9.59 Å². The third kappa shape index (κ3) is 9.35. The van der Waals surface area contributed by atoms with Gasteiger partial charge < -0.3 is 25.2 Å². The van der Waals surface area contributed by atoms with Crippen LogP contribution in [0.2, 0.25) is 0 Å². The number of nitrogens with one attached hydrogen (secondary N) is 2. The summed E-state index contributed by atoms with van der Waals surface area (Å²) in [6.45, 7) is -0.0658. The van der Waals surface area contributed by atoms with Crippen LogP contribution in [0, 0.1) is 3.57 Å². The Morgan fingerprint density at radius 3 is 2.35 bits per heavy atom. The number of hydrogen-bond donors (Lipinski definition) is 3. The van der Waals surface area contributed by atoms with Crippen LogP contribution in [-0.2, 0) is 32.1 Å². The van der Waals surface area contributed by atoms with E-state index in [1.54, 1.807) is 0 Å². The molecule has 0 saturated heterocycles. The summed E-state index contributed by atoms with van der Waals surface area (Å²) in [5.74, 6) is -1.11. The first-order valence-corrected chi connectivity index (χ1v) is 10.7. The Labute approximate surface area is 194 Å². The van der Waals surface area contributed by atoms with Crippen LogP contribution < -0.4 is 10.6 Å². The van der Waals surface area contributed by atoms with E-state index >= 15 is 0 Å². The predicted octanol–water partition coefficient (Wildman–Crippen LogP) is 2.17. The lowest BCUT2D eigenvalue weighted by atomic mass is 10.1. The molecule has 0 aliphatic carbocycles. The summed E-state index contributed by atoms with van der Waals surface area (Å²) in [6, 6.07) is 15.8. The van der Waals surface area contributed by atoms with Crippen LogP contribution in [0.25, 0.3) is 0 Å². The average Bonchev–Trinajstić information content (AvgIpc) is 2.77. The highest BCUT2D eigenvalue weighted by molar-refractivity contribution is 14.1. The lowest BCUT2D eigenvalue weighted by Gasteiger charge is -2.18. The maximum Gasteiger partial charge on any atom is 0.407 e. The number of rotatable bonds is 10. The molecule has 2 rings (SSSR count). The molecule has 0 aromatic heterocycles. The van der Waals surface area contributed by atoms with Gasteiger partial charge in [-0.05, 0) is 45.9 Å². The molecule has 0 spiro atoms. The smallest absolute Gasteiger partial charge is 0.407 e. The number of aliphatic hydroxyl groups excluding tert-OH is 1. The third-order valence-electron chi connectivity index (χ3n) is 4.29.